The molecule has 1 rings (SSSR count). The first kappa shape index (κ1) is 7.18. The van der Waals surface area contributed by atoms with Crippen molar-refractivity contribution in [2.75, 3.05) is 5.73 Å². The molecule has 0 aliphatic heterocycles. The fraction of sp³-hybridized carbons (Fsp3) is 0. The third-order valence-corrected chi connectivity index (χ3v) is 1.34. The lowest BCUT2D eigenvalue weighted by Crippen LogP contribution is -1.90. The van der Waals surface area contributed by atoms with Crippen LogP contribution in [0.4, 0.5) is 5.69 Å². The van der Waals surface area contributed by atoms with Gasteiger partial charge in [0.15, 0.2) is 0 Å². The summed E-state index contributed by atoms with van der Waals surface area (Å²) in [4.78, 5) is 0. The van der Waals surface area contributed by atoms with Gasteiger partial charge in [-0.15, -0.1) is 6.42 Å². The lowest BCUT2D eigenvalue weighted by molar-refractivity contribution is 1.48. The van der Waals surface area contributed by atoms with E-state index in [1.807, 2.05) is 6.07 Å². The fourth-order valence-electron chi connectivity index (χ4n) is 0.754. The molecule has 1 aromatic rings. The maximum absolute atomic E-state index is 8.50. The lowest BCUT2D eigenvalue weighted by Gasteiger charge is -1.95. The first-order valence-corrected chi connectivity index (χ1v) is 3.04. The maximum Gasteiger partial charge on any atom is 0.101 e. The average Bonchev–Trinajstić information content (AvgIpc) is 2.04. The summed E-state index contributed by atoms with van der Waals surface area (Å²) in [6.45, 7) is 0. The van der Waals surface area contributed by atoms with Gasteiger partial charge in [-0.05, 0) is 18.2 Å². The van der Waals surface area contributed by atoms with Gasteiger partial charge in [-0.1, -0.05) is 5.92 Å². The van der Waals surface area contributed by atoms with Crippen molar-refractivity contribution in [1.29, 1.82) is 5.26 Å². The molecule has 0 saturated carbocycles. The molecule has 0 saturated heterocycles. The van der Waals surface area contributed by atoms with Crippen LogP contribution in [-0.4, -0.2) is 0 Å². The van der Waals surface area contributed by atoms with Gasteiger partial charge >= 0.3 is 0 Å². The van der Waals surface area contributed by atoms with E-state index in [1.165, 1.54) is 0 Å². The molecule has 0 spiro atoms. The highest BCUT2D eigenvalue weighted by Gasteiger charge is 1.96. The Morgan fingerprint density at radius 2 is 2.18 bits per heavy atom. The van der Waals surface area contributed by atoms with Crippen molar-refractivity contribution >= 4 is 5.69 Å². The summed E-state index contributed by atoms with van der Waals surface area (Å²) in [7, 11) is 0. The van der Waals surface area contributed by atoms with Crippen LogP contribution in [0.25, 0.3) is 0 Å². The minimum Gasteiger partial charge on any atom is -0.398 e. The number of nitrogens with two attached hydrogens (primary N) is 1. The summed E-state index contributed by atoms with van der Waals surface area (Å²) in [5.74, 6) is 2.43. The van der Waals surface area contributed by atoms with E-state index in [0.717, 1.165) is 0 Å². The van der Waals surface area contributed by atoms with Crippen LogP contribution in [-0.2, 0) is 0 Å². The summed E-state index contributed by atoms with van der Waals surface area (Å²) >= 11 is 0. The second-order valence-electron chi connectivity index (χ2n) is 2.06. The van der Waals surface area contributed by atoms with Crippen LogP contribution in [0.5, 0.6) is 0 Å². The highest BCUT2D eigenvalue weighted by atomic mass is 14.6. The van der Waals surface area contributed by atoms with Crippen LogP contribution in [0.15, 0.2) is 18.2 Å². The molecule has 2 nitrogen and oxygen atoms in total. The molecule has 0 amide bonds. The minimum absolute atomic E-state index is 0.433. The van der Waals surface area contributed by atoms with Gasteiger partial charge in [0.05, 0.1) is 11.3 Å². The first-order chi connectivity index (χ1) is 5.27. The molecule has 0 fully saturated rings. The molecular formula is C9H6N2. The number of hydrogen-bond acceptors (Lipinski definition) is 2. The van der Waals surface area contributed by atoms with E-state index in [1.54, 1.807) is 18.2 Å². The molecule has 0 radical (unpaired) electrons. The van der Waals surface area contributed by atoms with Crippen molar-refractivity contribution in [3.63, 3.8) is 0 Å². The Labute approximate surface area is 65.3 Å². The zero-order chi connectivity index (χ0) is 8.27. The minimum atomic E-state index is 0.433. The Hall–Kier alpha value is -1.93. The van der Waals surface area contributed by atoms with Gasteiger partial charge in [-0.25, -0.2) is 0 Å². The summed E-state index contributed by atoms with van der Waals surface area (Å²) in [6.07, 6.45) is 5.12. The zero-order valence-electron chi connectivity index (χ0n) is 5.83. The average molecular weight is 142 g/mol. The molecule has 1 aromatic carbocycles. The number of nitrogen functional groups attached to an aromatic ring is 1. The molecule has 0 atom stereocenters. The van der Waals surface area contributed by atoms with E-state index in [9.17, 15) is 0 Å². The third-order valence-electron chi connectivity index (χ3n) is 1.34. The Morgan fingerprint density at radius 1 is 1.45 bits per heavy atom. The van der Waals surface area contributed by atoms with E-state index >= 15 is 0 Å². The summed E-state index contributed by atoms with van der Waals surface area (Å²) < 4.78 is 0. The summed E-state index contributed by atoms with van der Waals surface area (Å²) in [5.41, 5.74) is 7.08. The molecule has 11 heavy (non-hydrogen) atoms. The van der Waals surface area contributed by atoms with Gasteiger partial charge < -0.3 is 5.73 Å². The van der Waals surface area contributed by atoms with Crippen LogP contribution < -0.4 is 5.73 Å². The van der Waals surface area contributed by atoms with Gasteiger partial charge in [0.2, 0.25) is 0 Å². The molecule has 2 N–H and O–H groups in total. The molecule has 0 unspecified atom stereocenters. The fourth-order valence-corrected chi connectivity index (χ4v) is 0.754. The van der Waals surface area contributed by atoms with Gasteiger partial charge in [-0.3, -0.25) is 0 Å². The third kappa shape index (κ3) is 1.31. The van der Waals surface area contributed by atoms with Crippen LogP contribution in [0.1, 0.15) is 11.1 Å². The summed E-state index contributed by atoms with van der Waals surface area (Å²) in [6, 6.07) is 6.87. The highest BCUT2D eigenvalue weighted by Crippen LogP contribution is 2.11. The molecule has 52 valence electrons. The Morgan fingerprint density at radius 3 is 2.64 bits per heavy atom. The maximum atomic E-state index is 8.50. The van der Waals surface area contributed by atoms with Gasteiger partial charge in [-0.2, -0.15) is 5.26 Å². The number of nitrogens with zero attached hydrogens (tertiary/aromatic N) is 1. The zero-order valence-corrected chi connectivity index (χ0v) is 5.83. The second-order valence-corrected chi connectivity index (χ2v) is 2.06. The number of anilines is 1. The standard InChI is InChI=1S/C9H6N2/c1-2-7-3-4-8(6-10)9(11)5-7/h1,3-5H,11H2. The van der Waals surface area contributed by atoms with Crippen molar-refractivity contribution in [1.82, 2.24) is 0 Å². The van der Waals surface area contributed by atoms with Crippen molar-refractivity contribution in [3.05, 3.63) is 29.3 Å². The normalized spacial score (nSPS) is 8.18. The van der Waals surface area contributed by atoms with Crippen LogP contribution >= 0.6 is 0 Å². The Kier molecular flexibility index (Phi) is 1.81. The van der Waals surface area contributed by atoms with Crippen LogP contribution in [0.2, 0.25) is 0 Å². The van der Waals surface area contributed by atoms with Crippen molar-refractivity contribution in [2.45, 2.75) is 0 Å². The molecule has 0 aromatic heterocycles. The summed E-state index contributed by atoms with van der Waals surface area (Å²) in [5, 5.41) is 8.50. The van der Waals surface area contributed by atoms with E-state index < -0.39 is 0 Å². The number of rotatable bonds is 0. The Bertz CT molecular complexity index is 353. The monoisotopic (exact) mass is 142 g/mol. The van der Waals surface area contributed by atoms with E-state index in [0.29, 0.717) is 16.8 Å². The van der Waals surface area contributed by atoms with Gasteiger partial charge in [0.25, 0.3) is 0 Å². The lowest BCUT2D eigenvalue weighted by atomic mass is 10.1. The predicted molar refractivity (Wildman–Crippen MR) is 43.5 cm³/mol. The molecule has 2 heteroatoms. The SMILES string of the molecule is C#Cc1ccc(C#N)c(N)c1. The highest BCUT2D eigenvalue weighted by molar-refractivity contribution is 5.57. The van der Waals surface area contributed by atoms with Gasteiger partial charge in [0.1, 0.15) is 6.07 Å². The van der Waals surface area contributed by atoms with Gasteiger partial charge in [0, 0.05) is 5.56 Å². The van der Waals surface area contributed by atoms with E-state index in [2.05, 4.69) is 5.92 Å². The quantitative estimate of drug-likeness (QED) is 0.436. The van der Waals surface area contributed by atoms with Crippen molar-refractivity contribution < 1.29 is 0 Å². The van der Waals surface area contributed by atoms with E-state index in [4.69, 9.17) is 17.4 Å². The number of hydrogen-bond donors (Lipinski definition) is 1. The molecular weight excluding hydrogens is 136 g/mol. The van der Waals surface area contributed by atoms with Crippen molar-refractivity contribution in [2.24, 2.45) is 0 Å². The molecule has 0 bridgehead atoms. The molecule has 0 heterocycles. The van der Waals surface area contributed by atoms with Crippen LogP contribution in [0, 0.1) is 23.7 Å². The number of terminal acetylenes is 1. The largest absolute Gasteiger partial charge is 0.398 e. The van der Waals surface area contributed by atoms with Crippen LogP contribution in [0.3, 0.4) is 0 Å². The van der Waals surface area contributed by atoms with Crippen molar-refractivity contribution in [3.8, 4) is 18.4 Å². The topological polar surface area (TPSA) is 49.8 Å². The number of benzene rings is 1. The first-order valence-electron chi connectivity index (χ1n) is 3.04. The molecule has 0 aliphatic rings. The second kappa shape index (κ2) is 2.77. The predicted octanol–water partition coefficient (Wildman–Crippen LogP) is 1.12. The Balaban J connectivity index is 3.25. The smallest absolute Gasteiger partial charge is 0.101 e. The van der Waals surface area contributed by atoms with E-state index in [-0.39, 0.29) is 0 Å². The molecule has 0 aliphatic carbocycles. The number of nitriles is 1.